The Morgan fingerprint density at radius 3 is 2.67 bits per heavy atom. The lowest BCUT2D eigenvalue weighted by Crippen LogP contribution is -2.45. The van der Waals surface area contributed by atoms with Crippen LogP contribution in [0.3, 0.4) is 0 Å². The monoisotopic (exact) mass is 614 g/mol. The lowest BCUT2D eigenvalue weighted by Gasteiger charge is -2.21. The molecule has 2 amide bonds. The molecule has 3 N–H and O–H groups in total. The number of rotatable bonds is 11. The first kappa shape index (κ1) is 28.9. The fraction of sp³-hybridized carbons (Fsp3) is 0.345. The van der Waals surface area contributed by atoms with Gasteiger partial charge in [0, 0.05) is 24.7 Å². The van der Waals surface area contributed by atoms with Gasteiger partial charge in [0.1, 0.15) is 11.6 Å². The zero-order valence-corrected chi connectivity index (χ0v) is 24.2. The van der Waals surface area contributed by atoms with Gasteiger partial charge < -0.3 is 25.4 Å². The molecule has 2 aromatic rings. The number of nitrogens with one attached hydrogen (secondary N) is 2. The van der Waals surface area contributed by atoms with Gasteiger partial charge in [-0.15, -0.1) is 0 Å². The Labute approximate surface area is 241 Å². The number of amides is 2. The number of aliphatic hydroxyl groups excluding tert-OH is 1. The minimum absolute atomic E-state index is 0.00366. The van der Waals surface area contributed by atoms with Gasteiger partial charge in [-0.1, -0.05) is 35.9 Å². The fourth-order valence-electron chi connectivity index (χ4n) is 4.37. The van der Waals surface area contributed by atoms with Crippen molar-refractivity contribution in [2.45, 2.75) is 44.9 Å². The van der Waals surface area contributed by atoms with E-state index in [2.05, 4.69) is 43.6 Å². The molecule has 10 heteroatoms. The van der Waals surface area contributed by atoms with Crippen LogP contribution in [-0.4, -0.2) is 59.5 Å². The van der Waals surface area contributed by atoms with Crippen LogP contribution in [0.2, 0.25) is 5.02 Å². The van der Waals surface area contributed by atoms with Crippen LogP contribution < -0.4 is 15.4 Å². The van der Waals surface area contributed by atoms with Crippen LogP contribution in [0.1, 0.15) is 47.8 Å². The second-order valence-electron chi connectivity index (χ2n) is 9.68. The molecule has 206 valence electrons. The molecule has 0 bridgehead atoms. The normalized spacial score (nSPS) is 16.9. The molecule has 0 radical (unpaired) electrons. The van der Waals surface area contributed by atoms with Gasteiger partial charge in [0.15, 0.2) is 0 Å². The Morgan fingerprint density at radius 1 is 1.23 bits per heavy atom. The third kappa shape index (κ3) is 7.71. The predicted molar refractivity (Wildman–Crippen MR) is 156 cm³/mol. The van der Waals surface area contributed by atoms with Gasteiger partial charge in [0.05, 0.1) is 40.8 Å². The zero-order valence-electron chi connectivity index (χ0n) is 21.9. The first-order valence-electron chi connectivity index (χ1n) is 12.9. The van der Waals surface area contributed by atoms with Crippen LogP contribution in [0.25, 0.3) is 0 Å². The number of benzene rings is 2. The summed E-state index contributed by atoms with van der Waals surface area (Å²) in [6.45, 7) is 4.55. The maximum Gasteiger partial charge on any atom is 0.251 e. The van der Waals surface area contributed by atoms with Gasteiger partial charge in [-0.05, 0) is 77.7 Å². The maximum absolute atomic E-state index is 13.1. The lowest BCUT2D eigenvalue weighted by molar-refractivity contribution is -0.121. The highest BCUT2D eigenvalue weighted by Gasteiger charge is 2.27. The maximum atomic E-state index is 13.1. The Balaban J connectivity index is 1.44. The van der Waals surface area contributed by atoms with Gasteiger partial charge in [0.25, 0.3) is 5.91 Å². The third-order valence-corrected chi connectivity index (χ3v) is 7.18. The van der Waals surface area contributed by atoms with E-state index in [-0.39, 0.29) is 49.6 Å². The van der Waals surface area contributed by atoms with Crippen molar-refractivity contribution in [1.82, 2.24) is 15.5 Å². The molecule has 39 heavy (non-hydrogen) atoms. The van der Waals surface area contributed by atoms with Gasteiger partial charge in [0.2, 0.25) is 5.91 Å². The molecule has 1 unspecified atom stereocenters. The number of nitrogens with zero attached hydrogens (tertiary/aromatic N) is 2. The van der Waals surface area contributed by atoms with Crippen molar-refractivity contribution in [3.8, 4) is 5.75 Å². The van der Waals surface area contributed by atoms with E-state index < -0.39 is 0 Å². The molecular weight excluding hydrogens is 584 g/mol. The summed E-state index contributed by atoms with van der Waals surface area (Å²) in [5, 5.41) is 15.2. The minimum Gasteiger partial charge on any atom is -0.489 e. The Kier molecular flexibility index (Phi) is 9.83. The number of aliphatic hydroxyl groups is 1. The van der Waals surface area contributed by atoms with Gasteiger partial charge in [-0.2, -0.15) is 0 Å². The van der Waals surface area contributed by atoms with Gasteiger partial charge in [-0.3, -0.25) is 14.6 Å². The number of allylic oxidation sites excluding steroid dienone is 2. The summed E-state index contributed by atoms with van der Waals surface area (Å²) >= 11 is 9.90. The molecule has 0 saturated carbocycles. The number of ether oxygens (including phenoxy) is 1. The van der Waals surface area contributed by atoms with Crippen molar-refractivity contribution in [2.75, 3.05) is 19.7 Å². The van der Waals surface area contributed by atoms with E-state index >= 15 is 0 Å². The van der Waals surface area contributed by atoms with E-state index in [0.29, 0.717) is 22.8 Å². The summed E-state index contributed by atoms with van der Waals surface area (Å²) in [6, 6.07) is 12.7. The largest absolute Gasteiger partial charge is 0.489 e. The van der Waals surface area contributed by atoms with Crippen LogP contribution in [-0.2, 0) is 11.2 Å². The molecule has 4 rings (SSSR count). The molecule has 0 aliphatic carbocycles. The summed E-state index contributed by atoms with van der Waals surface area (Å²) in [5.74, 6) is 0.850. The number of carbonyl (C=O) groups is 2. The summed E-state index contributed by atoms with van der Waals surface area (Å²) < 4.78 is 6.62. The summed E-state index contributed by atoms with van der Waals surface area (Å²) in [6.07, 6.45) is 6.45. The Morgan fingerprint density at radius 2 is 2.00 bits per heavy atom. The number of hydrogen-bond acceptors (Lipinski definition) is 6. The Bertz CT molecular complexity index is 1290. The van der Waals surface area contributed by atoms with Crippen LogP contribution in [0.5, 0.6) is 5.75 Å². The summed E-state index contributed by atoms with van der Waals surface area (Å²) in [7, 11) is 0. The van der Waals surface area contributed by atoms with Gasteiger partial charge in [-0.25, -0.2) is 0 Å². The first-order chi connectivity index (χ1) is 18.7. The second-order valence-corrected chi connectivity index (χ2v) is 10.9. The van der Waals surface area contributed by atoms with Crippen LogP contribution in [0.15, 0.2) is 70.3 Å². The minimum atomic E-state index is -0.386. The van der Waals surface area contributed by atoms with E-state index in [1.165, 1.54) is 0 Å². The van der Waals surface area contributed by atoms with E-state index in [9.17, 15) is 9.59 Å². The third-order valence-electron chi connectivity index (χ3n) is 6.27. The van der Waals surface area contributed by atoms with Crippen molar-refractivity contribution < 1.29 is 19.4 Å². The van der Waals surface area contributed by atoms with E-state index in [0.717, 1.165) is 28.0 Å². The van der Waals surface area contributed by atoms with E-state index in [4.69, 9.17) is 26.4 Å². The van der Waals surface area contributed by atoms with Crippen LogP contribution >= 0.6 is 27.5 Å². The molecule has 2 aromatic carbocycles. The number of fused-ring (bicyclic) bond motifs is 1. The fourth-order valence-corrected chi connectivity index (χ4v) is 5.08. The highest BCUT2D eigenvalue weighted by molar-refractivity contribution is 9.12. The average Bonchev–Trinajstić information content (AvgIpc) is 3.34. The van der Waals surface area contributed by atoms with Gasteiger partial charge >= 0.3 is 0 Å². The molecule has 0 spiro atoms. The van der Waals surface area contributed by atoms with Crippen molar-refractivity contribution in [3.05, 3.63) is 87.0 Å². The van der Waals surface area contributed by atoms with Crippen molar-refractivity contribution >= 4 is 45.2 Å². The van der Waals surface area contributed by atoms with E-state index in [1.54, 1.807) is 18.2 Å². The predicted octanol–water partition coefficient (Wildman–Crippen LogP) is 4.53. The molecule has 8 nitrogen and oxygen atoms in total. The highest BCUT2D eigenvalue weighted by atomic mass is 79.9. The molecule has 2 heterocycles. The van der Waals surface area contributed by atoms with Crippen molar-refractivity contribution in [3.63, 3.8) is 0 Å². The quantitative estimate of drug-likeness (QED) is 0.345. The summed E-state index contributed by atoms with van der Waals surface area (Å²) in [4.78, 5) is 32.1. The molecule has 0 fully saturated rings. The smallest absolute Gasteiger partial charge is 0.251 e. The van der Waals surface area contributed by atoms with Crippen LogP contribution in [0.4, 0.5) is 0 Å². The standard InChI is InChI=1S/C29H32BrClN4O4/c1-18(2)39-26-10-9-21(15-24(26)31)29(38)33-22(16-32-27(37)11-13-36)14-19-5-7-20(8-6-19)25-17-35-12-3-4-23(30)28(35)34-25/h3-10,12,15,18,22,25,36H,11,13-14,16-17H2,1-2H3,(H,32,37)(H,33,38)/t22-,25?/m0/s1. The topological polar surface area (TPSA) is 103 Å². The number of aliphatic imine (C=N–C) groups is 1. The number of halogens is 2. The number of carbonyl (C=O) groups excluding carboxylic acids is 2. The molecule has 2 atom stereocenters. The number of hydrogen-bond donors (Lipinski definition) is 3. The molecule has 0 saturated heterocycles. The SMILES string of the molecule is CC(C)Oc1ccc(C(=O)N[C@H](CNC(=O)CCO)Cc2ccc(C3CN4C=CC=C(Br)C4=N3)cc2)cc1Cl. The number of amidine groups is 1. The first-order valence-corrected chi connectivity index (χ1v) is 14.0. The second kappa shape index (κ2) is 13.3. The average molecular weight is 616 g/mol. The molecular formula is C29H32BrClN4O4. The van der Waals surface area contributed by atoms with E-state index in [1.807, 2.05) is 44.3 Å². The molecule has 2 aliphatic heterocycles. The van der Waals surface area contributed by atoms with Crippen LogP contribution in [0, 0.1) is 0 Å². The summed E-state index contributed by atoms with van der Waals surface area (Å²) in [5.41, 5.74) is 2.50. The highest BCUT2D eigenvalue weighted by Crippen LogP contribution is 2.31. The Hall–Kier alpha value is -3.14. The molecule has 2 aliphatic rings. The zero-order chi connectivity index (χ0) is 27.9. The lowest BCUT2D eigenvalue weighted by atomic mass is 10.0. The van der Waals surface area contributed by atoms with Crippen molar-refractivity contribution in [2.24, 2.45) is 4.99 Å². The molecule has 0 aromatic heterocycles. The van der Waals surface area contributed by atoms with Crippen molar-refractivity contribution in [1.29, 1.82) is 0 Å².